The van der Waals surface area contributed by atoms with Crippen molar-refractivity contribution < 1.29 is 4.79 Å². The van der Waals surface area contributed by atoms with E-state index in [2.05, 4.69) is 5.32 Å². The average molecular weight is 366 g/mol. The molecule has 1 amide bonds. The summed E-state index contributed by atoms with van der Waals surface area (Å²) in [6, 6.07) is 0.0776. The highest BCUT2D eigenvalue weighted by Crippen LogP contribution is 2.14. The Morgan fingerprint density at radius 2 is 2.30 bits per heavy atom. The summed E-state index contributed by atoms with van der Waals surface area (Å²) in [5.41, 5.74) is 0. The Labute approximate surface area is 87.9 Å². The lowest BCUT2D eigenvalue weighted by Crippen LogP contribution is -2.35. The van der Waals surface area contributed by atoms with E-state index in [1.54, 1.807) is 1.33 Å². The lowest BCUT2D eigenvalue weighted by molar-refractivity contribution is -0.123. The SMILES string of the molecule is O=C([C@@H]1CCCN1)N(I)I. The second-order valence-electron chi connectivity index (χ2n) is 2.22. The summed E-state index contributed by atoms with van der Waals surface area (Å²) in [7, 11) is 0. The van der Waals surface area contributed by atoms with Gasteiger partial charge in [0.1, 0.15) is 0 Å². The van der Waals surface area contributed by atoms with Gasteiger partial charge in [0.15, 0.2) is 0 Å². The summed E-state index contributed by atoms with van der Waals surface area (Å²) in [5, 5.41) is 3.14. The fourth-order valence-electron chi connectivity index (χ4n) is 1.01. The fourth-order valence-corrected chi connectivity index (χ4v) is 1.69. The molecule has 0 aromatic heterocycles. The van der Waals surface area contributed by atoms with E-state index in [0.29, 0.717) is 0 Å². The van der Waals surface area contributed by atoms with Crippen LogP contribution in [0.25, 0.3) is 0 Å². The number of amides is 1. The topological polar surface area (TPSA) is 32.3 Å². The van der Waals surface area contributed by atoms with Gasteiger partial charge < -0.3 is 5.32 Å². The minimum Gasteiger partial charge on any atom is -0.306 e. The van der Waals surface area contributed by atoms with Crippen LogP contribution in [0.5, 0.6) is 0 Å². The highest BCUT2D eigenvalue weighted by molar-refractivity contribution is 14.2. The second-order valence-corrected chi connectivity index (χ2v) is 6.00. The molecule has 1 N–H and O–H groups in total. The van der Waals surface area contributed by atoms with Crippen molar-refractivity contribution in [1.29, 1.82) is 0 Å². The number of carbonyl (C=O) groups excluding carboxylic acids is 1. The zero-order chi connectivity index (χ0) is 7.56. The summed E-state index contributed by atoms with van der Waals surface area (Å²) >= 11 is 3.98. The van der Waals surface area contributed by atoms with Gasteiger partial charge in [-0.1, -0.05) is 0 Å². The van der Waals surface area contributed by atoms with E-state index in [0.717, 1.165) is 19.4 Å². The Morgan fingerprint density at radius 3 is 2.70 bits per heavy atom. The van der Waals surface area contributed by atoms with Gasteiger partial charge in [-0.15, -0.1) is 0 Å². The third-order valence-electron chi connectivity index (χ3n) is 1.53. The summed E-state index contributed by atoms with van der Waals surface area (Å²) in [5.74, 6) is 0.179. The minimum absolute atomic E-state index is 0.0776. The van der Waals surface area contributed by atoms with Gasteiger partial charge in [0.25, 0.3) is 5.91 Å². The average Bonchev–Trinajstić information content (AvgIpc) is 2.36. The molecule has 0 radical (unpaired) electrons. The molecule has 58 valence electrons. The molecule has 1 atom stereocenters. The van der Waals surface area contributed by atoms with Crippen LogP contribution < -0.4 is 5.32 Å². The van der Waals surface area contributed by atoms with Crippen LogP contribution in [-0.2, 0) is 4.79 Å². The van der Waals surface area contributed by atoms with E-state index in [-0.39, 0.29) is 11.9 Å². The van der Waals surface area contributed by atoms with E-state index in [4.69, 9.17) is 0 Å². The zero-order valence-corrected chi connectivity index (χ0v) is 9.63. The van der Waals surface area contributed by atoms with Gasteiger partial charge in [0, 0.05) is 0 Å². The molecule has 0 aromatic rings. The summed E-state index contributed by atoms with van der Waals surface area (Å²) in [6.07, 6.45) is 2.11. The fraction of sp³-hybridized carbons (Fsp3) is 0.800. The molecule has 1 rings (SSSR count). The van der Waals surface area contributed by atoms with Gasteiger partial charge in [0.05, 0.1) is 51.8 Å². The number of rotatable bonds is 1. The maximum absolute atomic E-state index is 11.2. The molecule has 3 nitrogen and oxygen atoms in total. The van der Waals surface area contributed by atoms with Crippen molar-refractivity contribution in [2.45, 2.75) is 18.9 Å². The number of carbonyl (C=O) groups is 1. The lowest BCUT2D eigenvalue weighted by Gasteiger charge is -2.11. The van der Waals surface area contributed by atoms with Crippen LogP contribution in [0.2, 0.25) is 0 Å². The Kier molecular flexibility index (Phi) is 3.64. The highest BCUT2D eigenvalue weighted by Gasteiger charge is 2.24. The smallest absolute Gasteiger partial charge is 0.257 e. The first-order chi connectivity index (χ1) is 4.72. The van der Waals surface area contributed by atoms with E-state index < -0.39 is 0 Å². The summed E-state index contributed by atoms with van der Waals surface area (Å²) in [6.45, 7) is 0.984. The Balaban J connectivity index is 2.40. The van der Waals surface area contributed by atoms with Crippen LogP contribution in [0.1, 0.15) is 12.8 Å². The molecule has 0 unspecified atom stereocenters. The molecular weight excluding hydrogens is 358 g/mol. The standard InChI is InChI=1S/C5H8I2N2O/c6-9(7)5(10)4-2-1-3-8-4/h4,8H,1-3H2/t4-/m0/s1. The van der Waals surface area contributed by atoms with Crippen LogP contribution in [0.4, 0.5) is 0 Å². The molecule has 0 bridgehead atoms. The summed E-state index contributed by atoms with van der Waals surface area (Å²) in [4.78, 5) is 11.2. The molecule has 10 heavy (non-hydrogen) atoms. The highest BCUT2D eigenvalue weighted by atomic mass is 127. The van der Waals surface area contributed by atoms with Crippen molar-refractivity contribution in [3.63, 3.8) is 0 Å². The van der Waals surface area contributed by atoms with E-state index in [1.165, 1.54) is 0 Å². The Bertz CT molecular complexity index is 134. The number of nitrogens with one attached hydrogen (secondary N) is 1. The van der Waals surface area contributed by atoms with Crippen molar-refractivity contribution in [2.75, 3.05) is 6.54 Å². The maximum Gasteiger partial charge on any atom is 0.257 e. The van der Waals surface area contributed by atoms with Crippen LogP contribution in [0.3, 0.4) is 0 Å². The number of halogens is 2. The van der Waals surface area contributed by atoms with Gasteiger partial charge in [0.2, 0.25) is 0 Å². The molecule has 1 heterocycles. The third-order valence-corrected chi connectivity index (χ3v) is 2.48. The molecule has 0 aliphatic carbocycles. The maximum atomic E-state index is 11.2. The van der Waals surface area contributed by atoms with Crippen molar-refractivity contribution in [2.24, 2.45) is 0 Å². The van der Waals surface area contributed by atoms with Gasteiger partial charge >= 0.3 is 0 Å². The van der Waals surface area contributed by atoms with Gasteiger partial charge in [-0.2, -0.15) is 0 Å². The molecule has 1 aliphatic rings. The zero-order valence-electron chi connectivity index (χ0n) is 5.31. The lowest BCUT2D eigenvalue weighted by atomic mass is 10.2. The van der Waals surface area contributed by atoms with Crippen LogP contribution in [0, 0.1) is 0 Å². The minimum atomic E-state index is 0.0776. The predicted molar refractivity (Wildman–Crippen MR) is 55.9 cm³/mol. The third kappa shape index (κ3) is 2.19. The van der Waals surface area contributed by atoms with Crippen molar-refractivity contribution >= 4 is 51.6 Å². The van der Waals surface area contributed by atoms with Crippen molar-refractivity contribution in [1.82, 2.24) is 6.64 Å². The molecule has 5 heteroatoms. The monoisotopic (exact) mass is 366 g/mol. The van der Waals surface area contributed by atoms with E-state index >= 15 is 0 Å². The predicted octanol–water partition coefficient (Wildman–Crippen LogP) is 1.27. The van der Waals surface area contributed by atoms with Crippen LogP contribution >= 0.6 is 45.7 Å². The van der Waals surface area contributed by atoms with Gasteiger partial charge in [-0.3, -0.25) is 4.79 Å². The number of hydrogen-bond donors (Lipinski definition) is 1. The Morgan fingerprint density at radius 1 is 1.60 bits per heavy atom. The quantitative estimate of drug-likeness (QED) is 0.560. The number of nitrogens with zero attached hydrogens (tertiary/aromatic N) is 1. The molecule has 0 aromatic carbocycles. The molecule has 1 fully saturated rings. The first kappa shape index (κ1) is 8.98. The van der Waals surface area contributed by atoms with Gasteiger partial charge in [-0.25, -0.2) is 1.33 Å². The van der Waals surface area contributed by atoms with Gasteiger partial charge in [-0.05, 0) is 19.4 Å². The van der Waals surface area contributed by atoms with E-state index in [9.17, 15) is 4.79 Å². The van der Waals surface area contributed by atoms with Crippen molar-refractivity contribution in [3.05, 3.63) is 0 Å². The van der Waals surface area contributed by atoms with Crippen LogP contribution in [0.15, 0.2) is 0 Å². The largest absolute Gasteiger partial charge is 0.306 e. The second kappa shape index (κ2) is 4.05. The molecule has 1 saturated heterocycles. The molecule has 0 saturated carbocycles. The first-order valence-electron chi connectivity index (χ1n) is 3.10. The first-order valence-corrected chi connectivity index (χ1v) is 5.03. The molecular formula is C5H8I2N2O. The van der Waals surface area contributed by atoms with E-state index in [1.807, 2.05) is 45.7 Å². The summed E-state index contributed by atoms with van der Waals surface area (Å²) < 4.78 is 1.58. The normalized spacial score (nSPS) is 24.8. The van der Waals surface area contributed by atoms with Crippen molar-refractivity contribution in [3.8, 4) is 0 Å². The Hall–Kier alpha value is 0.890. The number of hydrogen-bond acceptors (Lipinski definition) is 2. The van der Waals surface area contributed by atoms with Crippen LogP contribution in [-0.4, -0.2) is 19.8 Å². The molecule has 1 aliphatic heterocycles. The molecule has 0 spiro atoms.